The molecule has 0 saturated carbocycles. The van der Waals surface area contributed by atoms with Crippen LogP contribution in [0.3, 0.4) is 0 Å². The van der Waals surface area contributed by atoms with Gasteiger partial charge in [-0.3, -0.25) is 9.59 Å². The normalized spacial score (nSPS) is 11.5. The summed E-state index contributed by atoms with van der Waals surface area (Å²) in [5.74, 6) is -1.18. The van der Waals surface area contributed by atoms with Crippen LogP contribution >= 0.6 is 11.3 Å². The lowest BCUT2D eigenvalue weighted by atomic mass is 10.3. The van der Waals surface area contributed by atoms with Gasteiger partial charge in [0.1, 0.15) is 5.00 Å². The Balaban J connectivity index is 2.71. The van der Waals surface area contributed by atoms with Gasteiger partial charge in [-0.25, -0.2) is 8.42 Å². The van der Waals surface area contributed by atoms with Crippen LogP contribution in [0.4, 0.5) is 5.00 Å². The quantitative estimate of drug-likeness (QED) is 0.774. The first-order chi connectivity index (χ1) is 8.21. The van der Waals surface area contributed by atoms with Crippen LogP contribution in [-0.2, 0) is 14.8 Å². The van der Waals surface area contributed by atoms with E-state index in [0.29, 0.717) is 5.00 Å². The molecular weight excluding hydrogens is 278 g/mol. The molecule has 1 aromatic heterocycles. The maximum atomic E-state index is 11.6. The standard InChI is InChI=1S/C9H13N3O4S2/c1-12(18(2,15)16)5-7(13)11-9-6(8(10)14)3-4-17-9/h3-4H,5H2,1-2H3,(H2,10,14)(H,11,13). The molecule has 0 aliphatic heterocycles. The molecule has 1 aromatic rings. The summed E-state index contributed by atoms with van der Waals surface area (Å²) in [7, 11) is -2.13. The number of nitrogens with zero attached hydrogens (tertiary/aromatic N) is 1. The molecule has 0 unspecified atom stereocenters. The van der Waals surface area contributed by atoms with Gasteiger partial charge in [-0.1, -0.05) is 0 Å². The van der Waals surface area contributed by atoms with Crippen LogP contribution in [0.15, 0.2) is 11.4 Å². The van der Waals surface area contributed by atoms with Gasteiger partial charge in [-0.15, -0.1) is 11.3 Å². The fraction of sp³-hybridized carbons (Fsp3) is 0.333. The first kappa shape index (κ1) is 14.6. The van der Waals surface area contributed by atoms with E-state index in [2.05, 4.69) is 5.32 Å². The molecule has 0 fully saturated rings. The number of carbonyl (C=O) groups excluding carboxylic acids is 2. The number of hydrogen-bond donors (Lipinski definition) is 2. The van der Waals surface area contributed by atoms with Gasteiger partial charge in [0.05, 0.1) is 18.4 Å². The van der Waals surface area contributed by atoms with Crippen LogP contribution in [0.1, 0.15) is 10.4 Å². The van der Waals surface area contributed by atoms with E-state index in [4.69, 9.17) is 5.73 Å². The van der Waals surface area contributed by atoms with Gasteiger partial charge >= 0.3 is 0 Å². The molecule has 7 nitrogen and oxygen atoms in total. The summed E-state index contributed by atoms with van der Waals surface area (Å²) in [5.41, 5.74) is 5.32. The number of rotatable bonds is 5. The van der Waals surface area contributed by atoms with Crippen molar-refractivity contribution in [2.45, 2.75) is 0 Å². The van der Waals surface area contributed by atoms with Gasteiger partial charge in [-0.05, 0) is 11.4 Å². The molecule has 0 atom stereocenters. The van der Waals surface area contributed by atoms with Crippen molar-refractivity contribution in [3.8, 4) is 0 Å². The molecule has 0 spiro atoms. The number of sulfonamides is 1. The maximum Gasteiger partial charge on any atom is 0.251 e. The summed E-state index contributed by atoms with van der Waals surface area (Å²) in [6.07, 6.45) is 1.00. The molecule has 0 aromatic carbocycles. The van der Waals surface area contributed by atoms with Crippen LogP contribution in [0.2, 0.25) is 0 Å². The monoisotopic (exact) mass is 291 g/mol. The average Bonchev–Trinajstić information content (AvgIpc) is 2.63. The van der Waals surface area contributed by atoms with E-state index in [-0.39, 0.29) is 12.1 Å². The third-order valence-electron chi connectivity index (χ3n) is 2.12. The highest BCUT2D eigenvalue weighted by Gasteiger charge is 2.17. The van der Waals surface area contributed by atoms with Crippen molar-refractivity contribution in [2.24, 2.45) is 5.73 Å². The second-order valence-corrected chi connectivity index (χ2v) is 6.60. The van der Waals surface area contributed by atoms with Crippen molar-refractivity contribution in [1.82, 2.24) is 4.31 Å². The maximum absolute atomic E-state index is 11.6. The van der Waals surface area contributed by atoms with E-state index in [1.54, 1.807) is 5.38 Å². The van der Waals surface area contributed by atoms with Gasteiger partial charge in [0.15, 0.2) is 0 Å². The third-order valence-corrected chi connectivity index (χ3v) is 4.21. The Labute approximate surface area is 109 Å². The highest BCUT2D eigenvalue weighted by atomic mass is 32.2. The molecule has 0 aliphatic rings. The van der Waals surface area contributed by atoms with Crippen LogP contribution < -0.4 is 11.1 Å². The van der Waals surface area contributed by atoms with Crippen molar-refractivity contribution < 1.29 is 18.0 Å². The Hall–Kier alpha value is -1.45. The fourth-order valence-electron chi connectivity index (χ4n) is 1.09. The number of thiophene rings is 1. The molecule has 100 valence electrons. The molecule has 0 saturated heterocycles. The van der Waals surface area contributed by atoms with Crippen molar-refractivity contribution in [1.29, 1.82) is 0 Å². The number of amides is 2. The molecular formula is C9H13N3O4S2. The number of anilines is 1. The van der Waals surface area contributed by atoms with E-state index in [0.717, 1.165) is 21.9 Å². The molecule has 3 N–H and O–H groups in total. The highest BCUT2D eigenvalue weighted by Crippen LogP contribution is 2.22. The van der Waals surface area contributed by atoms with Crippen molar-refractivity contribution in [3.63, 3.8) is 0 Å². The fourth-order valence-corrected chi connectivity index (χ4v) is 2.25. The SMILES string of the molecule is CN(CC(=O)Nc1sccc1C(N)=O)S(C)(=O)=O. The zero-order chi connectivity index (χ0) is 13.9. The van der Waals surface area contributed by atoms with Gasteiger partial charge in [-0.2, -0.15) is 4.31 Å². The Kier molecular flexibility index (Phi) is 4.43. The van der Waals surface area contributed by atoms with Crippen molar-refractivity contribution >= 4 is 38.2 Å². The van der Waals surface area contributed by atoms with Crippen molar-refractivity contribution in [2.75, 3.05) is 25.2 Å². The second-order valence-electron chi connectivity index (χ2n) is 3.59. The second kappa shape index (κ2) is 5.46. The number of hydrogen-bond acceptors (Lipinski definition) is 5. The predicted octanol–water partition coefficient (Wildman–Crippen LogP) is -0.323. The van der Waals surface area contributed by atoms with E-state index < -0.39 is 21.8 Å². The van der Waals surface area contributed by atoms with E-state index >= 15 is 0 Å². The minimum atomic E-state index is -3.42. The first-order valence-corrected chi connectivity index (χ1v) is 7.53. The third kappa shape index (κ3) is 3.79. The Bertz CT molecular complexity index is 564. The summed E-state index contributed by atoms with van der Waals surface area (Å²) in [5, 5.41) is 4.37. The largest absolute Gasteiger partial charge is 0.366 e. The molecule has 1 rings (SSSR count). The summed E-state index contributed by atoms with van der Waals surface area (Å²) in [4.78, 5) is 22.6. The summed E-state index contributed by atoms with van der Waals surface area (Å²) in [6, 6.07) is 1.49. The number of likely N-dealkylation sites (N-methyl/N-ethyl adjacent to an activating group) is 1. The lowest BCUT2D eigenvalue weighted by Gasteiger charge is -2.13. The number of nitrogens with one attached hydrogen (secondary N) is 1. The molecule has 0 bridgehead atoms. The topological polar surface area (TPSA) is 110 Å². The minimum Gasteiger partial charge on any atom is -0.366 e. The van der Waals surface area contributed by atoms with Gasteiger partial charge in [0.25, 0.3) is 5.91 Å². The van der Waals surface area contributed by atoms with Crippen molar-refractivity contribution in [3.05, 3.63) is 17.0 Å². The Morgan fingerprint density at radius 2 is 2.11 bits per heavy atom. The van der Waals surface area contributed by atoms with Gasteiger partial charge in [0.2, 0.25) is 15.9 Å². The zero-order valence-corrected chi connectivity index (χ0v) is 11.5. The Morgan fingerprint density at radius 3 is 2.61 bits per heavy atom. The van der Waals surface area contributed by atoms with E-state index in [1.807, 2.05) is 0 Å². The number of nitrogens with two attached hydrogens (primary N) is 1. The van der Waals surface area contributed by atoms with Crippen LogP contribution in [-0.4, -0.2) is 44.4 Å². The van der Waals surface area contributed by atoms with Gasteiger partial charge in [0, 0.05) is 7.05 Å². The minimum absolute atomic E-state index is 0.204. The van der Waals surface area contributed by atoms with Gasteiger partial charge < -0.3 is 11.1 Å². The number of carbonyl (C=O) groups is 2. The zero-order valence-electron chi connectivity index (χ0n) is 9.84. The molecule has 2 amide bonds. The predicted molar refractivity (Wildman–Crippen MR) is 68.9 cm³/mol. The lowest BCUT2D eigenvalue weighted by Crippen LogP contribution is -2.34. The average molecular weight is 291 g/mol. The van der Waals surface area contributed by atoms with Crippen LogP contribution in [0.25, 0.3) is 0 Å². The molecule has 1 heterocycles. The molecule has 18 heavy (non-hydrogen) atoms. The summed E-state index contributed by atoms with van der Waals surface area (Å²) in [6.45, 7) is -0.324. The summed E-state index contributed by atoms with van der Waals surface area (Å²) >= 11 is 1.14. The lowest BCUT2D eigenvalue weighted by molar-refractivity contribution is -0.116. The first-order valence-electron chi connectivity index (χ1n) is 4.80. The Morgan fingerprint density at radius 1 is 1.50 bits per heavy atom. The van der Waals surface area contributed by atoms with Crippen LogP contribution in [0.5, 0.6) is 0 Å². The smallest absolute Gasteiger partial charge is 0.251 e. The van der Waals surface area contributed by atoms with E-state index in [1.165, 1.54) is 13.1 Å². The highest BCUT2D eigenvalue weighted by molar-refractivity contribution is 7.88. The van der Waals surface area contributed by atoms with E-state index in [9.17, 15) is 18.0 Å². The molecule has 0 aliphatic carbocycles. The molecule has 9 heteroatoms. The molecule has 0 radical (unpaired) electrons. The number of primary amides is 1. The summed E-state index contributed by atoms with van der Waals surface area (Å²) < 4.78 is 23.1. The van der Waals surface area contributed by atoms with Crippen LogP contribution in [0, 0.1) is 0 Å².